The van der Waals surface area contributed by atoms with Crippen molar-refractivity contribution in [3.63, 3.8) is 0 Å². The van der Waals surface area contributed by atoms with E-state index in [0.717, 1.165) is 23.5 Å². The Bertz CT molecular complexity index is 550. The van der Waals surface area contributed by atoms with Gasteiger partial charge in [0.05, 0.1) is 5.92 Å². The van der Waals surface area contributed by atoms with Gasteiger partial charge >= 0.3 is 5.97 Å². The molecular weight excluding hydrogens is 246 g/mol. The van der Waals surface area contributed by atoms with E-state index in [-0.39, 0.29) is 11.9 Å². The Hall–Kier alpha value is -1.81. The zero-order valence-electron chi connectivity index (χ0n) is 9.76. The Morgan fingerprint density at radius 1 is 1.28 bits per heavy atom. The fraction of sp³-hybridized carbons (Fsp3) is 0.214. The zero-order chi connectivity index (χ0) is 12.4. The number of hydrogen-bond acceptors (Lipinski definition) is 4. The van der Waals surface area contributed by atoms with Crippen LogP contribution in [0.15, 0.2) is 41.8 Å². The van der Waals surface area contributed by atoms with Crippen LogP contribution in [0, 0.1) is 0 Å². The molecule has 1 aromatic heterocycles. The van der Waals surface area contributed by atoms with Gasteiger partial charge in [0.15, 0.2) is 0 Å². The van der Waals surface area contributed by atoms with Gasteiger partial charge in [-0.2, -0.15) is 0 Å². The van der Waals surface area contributed by atoms with Crippen LogP contribution in [-0.2, 0) is 4.79 Å². The molecule has 1 aliphatic rings. The molecule has 2 heterocycles. The summed E-state index contributed by atoms with van der Waals surface area (Å²) in [4.78, 5) is 13.3. The van der Waals surface area contributed by atoms with Crippen LogP contribution in [0.3, 0.4) is 0 Å². The Morgan fingerprint density at radius 2 is 2.11 bits per heavy atom. The molecule has 1 atom stereocenters. The zero-order valence-corrected chi connectivity index (χ0v) is 10.6. The molecule has 4 heteroatoms. The number of esters is 1. The number of rotatable bonds is 2. The molecule has 3 nitrogen and oxygen atoms in total. The lowest BCUT2D eigenvalue weighted by atomic mass is 9.99. The maximum atomic E-state index is 12.2. The first-order valence-corrected chi connectivity index (χ1v) is 6.80. The highest BCUT2D eigenvalue weighted by Crippen LogP contribution is 2.36. The molecule has 0 amide bonds. The average molecular weight is 259 g/mol. The minimum Gasteiger partial charge on any atom is -0.426 e. The van der Waals surface area contributed by atoms with Gasteiger partial charge in [-0.05, 0) is 30.0 Å². The second-order valence-corrected chi connectivity index (χ2v) is 5.15. The molecule has 18 heavy (non-hydrogen) atoms. The number of carbonyl (C=O) groups is 1. The number of anilines is 1. The summed E-state index contributed by atoms with van der Waals surface area (Å²) in [5, 5.41) is 5.30. The van der Waals surface area contributed by atoms with Gasteiger partial charge in [0.25, 0.3) is 0 Å². The van der Waals surface area contributed by atoms with Gasteiger partial charge < -0.3 is 10.1 Å². The standard InChI is InChI=1S/C14H13NO2S/c16-14(17-10-4-2-1-3-5-10)11-6-8-15-12-7-9-18-13(11)12/h1-5,7,9,11,15H,6,8H2. The van der Waals surface area contributed by atoms with Crippen LogP contribution >= 0.6 is 11.3 Å². The summed E-state index contributed by atoms with van der Waals surface area (Å²) < 4.78 is 5.42. The summed E-state index contributed by atoms with van der Waals surface area (Å²) in [6.45, 7) is 0.818. The van der Waals surface area contributed by atoms with Crippen molar-refractivity contribution in [2.75, 3.05) is 11.9 Å². The monoisotopic (exact) mass is 259 g/mol. The second-order valence-electron chi connectivity index (χ2n) is 4.20. The molecule has 0 aliphatic carbocycles. The highest BCUT2D eigenvalue weighted by atomic mass is 32.1. The molecule has 3 rings (SSSR count). The van der Waals surface area contributed by atoms with Crippen LogP contribution < -0.4 is 10.1 Å². The molecule has 1 unspecified atom stereocenters. The molecule has 0 fully saturated rings. The number of para-hydroxylation sites is 1. The summed E-state index contributed by atoms with van der Waals surface area (Å²) in [6, 6.07) is 11.2. The molecule has 0 spiro atoms. The van der Waals surface area contributed by atoms with E-state index in [1.54, 1.807) is 23.5 Å². The van der Waals surface area contributed by atoms with Crippen molar-refractivity contribution in [3.05, 3.63) is 46.7 Å². The molecule has 92 valence electrons. The minimum atomic E-state index is -0.161. The highest BCUT2D eigenvalue weighted by Gasteiger charge is 2.29. The number of ether oxygens (including phenoxy) is 1. The number of carbonyl (C=O) groups excluding carboxylic acids is 1. The number of thiophene rings is 1. The van der Waals surface area contributed by atoms with E-state index < -0.39 is 0 Å². The third-order valence-electron chi connectivity index (χ3n) is 3.01. The van der Waals surface area contributed by atoms with Crippen LogP contribution in [0.2, 0.25) is 0 Å². The van der Waals surface area contributed by atoms with Gasteiger partial charge in [-0.15, -0.1) is 11.3 Å². The second kappa shape index (κ2) is 4.82. The molecule has 1 N–H and O–H groups in total. The lowest BCUT2D eigenvalue weighted by Crippen LogP contribution is -2.24. The van der Waals surface area contributed by atoms with Gasteiger partial charge in [-0.1, -0.05) is 18.2 Å². The van der Waals surface area contributed by atoms with Crippen molar-refractivity contribution in [2.45, 2.75) is 12.3 Å². The number of fused-ring (bicyclic) bond motifs is 1. The number of hydrogen-bond donors (Lipinski definition) is 1. The Balaban J connectivity index is 1.79. The summed E-state index contributed by atoms with van der Waals surface area (Å²) in [5.74, 6) is 0.312. The van der Waals surface area contributed by atoms with Crippen molar-refractivity contribution in [2.24, 2.45) is 0 Å². The SMILES string of the molecule is O=C(Oc1ccccc1)C1CCNc2ccsc21. The minimum absolute atomic E-state index is 0.138. The van der Waals surface area contributed by atoms with Gasteiger partial charge in [0.1, 0.15) is 5.75 Å². The third kappa shape index (κ3) is 2.11. The Kier molecular flexibility index (Phi) is 3.02. The van der Waals surface area contributed by atoms with Crippen LogP contribution in [0.5, 0.6) is 5.75 Å². The van der Waals surface area contributed by atoms with Crippen molar-refractivity contribution >= 4 is 23.0 Å². The molecule has 0 saturated heterocycles. The van der Waals surface area contributed by atoms with Crippen LogP contribution in [0.4, 0.5) is 5.69 Å². The normalized spacial score (nSPS) is 17.7. The fourth-order valence-electron chi connectivity index (χ4n) is 2.12. The van der Waals surface area contributed by atoms with Crippen molar-refractivity contribution in [3.8, 4) is 5.75 Å². The third-order valence-corrected chi connectivity index (χ3v) is 4.04. The molecule has 0 saturated carbocycles. The summed E-state index contributed by atoms with van der Waals surface area (Å²) in [6.07, 6.45) is 0.791. The largest absolute Gasteiger partial charge is 0.426 e. The molecule has 1 aromatic carbocycles. The first-order valence-electron chi connectivity index (χ1n) is 5.92. The van der Waals surface area contributed by atoms with Crippen LogP contribution in [0.1, 0.15) is 17.2 Å². The van der Waals surface area contributed by atoms with Crippen LogP contribution in [0.25, 0.3) is 0 Å². The first-order chi connectivity index (χ1) is 8.84. The van der Waals surface area contributed by atoms with E-state index >= 15 is 0 Å². The van der Waals surface area contributed by atoms with Crippen molar-refractivity contribution in [1.29, 1.82) is 0 Å². The van der Waals surface area contributed by atoms with Gasteiger partial charge in [0.2, 0.25) is 0 Å². The predicted molar refractivity (Wildman–Crippen MR) is 72.2 cm³/mol. The van der Waals surface area contributed by atoms with E-state index in [4.69, 9.17) is 4.74 Å². The smallest absolute Gasteiger partial charge is 0.319 e. The van der Waals surface area contributed by atoms with Gasteiger partial charge in [-0.3, -0.25) is 4.79 Å². The quantitative estimate of drug-likeness (QED) is 0.664. The number of nitrogens with one attached hydrogen (secondary N) is 1. The Labute approximate surface area is 109 Å². The van der Waals surface area contributed by atoms with Crippen LogP contribution in [-0.4, -0.2) is 12.5 Å². The highest BCUT2D eigenvalue weighted by molar-refractivity contribution is 7.10. The molecule has 2 aromatic rings. The van der Waals surface area contributed by atoms with E-state index in [9.17, 15) is 4.79 Å². The molecule has 1 aliphatic heterocycles. The van der Waals surface area contributed by atoms with Crippen molar-refractivity contribution < 1.29 is 9.53 Å². The topological polar surface area (TPSA) is 38.3 Å². The molecule has 0 bridgehead atoms. The Morgan fingerprint density at radius 3 is 2.94 bits per heavy atom. The molecule has 0 radical (unpaired) electrons. The predicted octanol–water partition coefficient (Wildman–Crippen LogP) is 3.25. The molecular formula is C14H13NO2S. The van der Waals surface area contributed by atoms with Gasteiger partial charge in [0, 0.05) is 17.1 Å². The van der Waals surface area contributed by atoms with E-state index in [2.05, 4.69) is 5.32 Å². The maximum absolute atomic E-state index is 12.2. The summed E-state index contributed by atoms with van der Waals surface area (Å²) in [5.41, 5.74) is 1.07. The summed E-state index contributed by atoms with van der Waals surface area (Å²) in [7, 11) is 0. The van der Waals surface area contributed by atoms with E-state index in [1.165, 1.54) is 0 Å². The fourth-order valence-corrected chi connectivity index (χ4v) is 3.12. The first kappa shape index (κ1) is 11.3. The average Bonchev–Trinajstić information content (AvgIpc) is 2.87. The van der Waals surface area contributed by atoms with E-state index in [0.29, 0.717) is 5.75 Å². The van der Waals surface area contributed by atoms with Gasteiger partial charge in [-0.25, -0.2) is 0 Å². The maximum Gasteiger partial charge on any atom is 0.319 e. The summed E-state index contributed by atoms with van der Waals surface area (Å²) >= 11 is 1.61. The van der Waals surface area contributed by atoms with Crippen molar-refractivity contribution in [1.82, 2.24) is 0 Å². The number of benzene rings is 1. The lowest BCUT2D eigenvalue weighted by molar-refractivity contribution is -0.136. The lowest BCUT2D eigenvalue weighted by Gasteiger charge is -2.22. The van der Waals surface area contributed by atoms with E-state index in [1.807, 2.05) is 29.6 Å².